The average molecular weight is 236 g/mol. The molecule has 1 atom stereocenters. The third-order valence-electron chi connectivity index (χ3n) is 3.63. The van der Waals surface area contributed by atoms with Gasteiger partial charge in [-0.2, -0.15) is 0 Å². The Labute approximate surface area is 104 Å². The van der Waals surface area contributed by atoms with Crippen LogP contribution in [0.3, 0.4) is 0 Å². The summed E-state index contributed by atoms with van der Waals surface area (Å²) in [5, 5.41) is 3.67. The van der Waals surface area contributed by atoms with E-state index in [-0.39, 0.29) is 0 Å². The number of hydrogen-bond donors (Lipinski definition) is 1. The second-order valence-corrected chi connectivity index (χ2v) is 4.82. The van der Waals surface area contributed by atoms with Crippen molar-refractivity contribution in [3.8, 4) is 0 Å². The maximum atomic E-state index is 4.05. The second-order valence-electron chi connectivity index (χ2n) is 4.82. The van der Waals surface area contributed by atoms with Gasteiger partial charge >= 0.3 is 0 Å². The van der Waals surface area contributed by atoms with Gasteiger partial charge in [0.2, 0.25) is 0 Å². The fourth-order valence-corrected chi connectivity index (χ4v) is 2.49. The van der Waals surface area contributed by atoms with Crippen LogP contribution in [0.4, 0.5) is 0 Å². The van der Waals surface area contributed by atoms with Gasteiger partial charge in [-0.1, -0.05) is 6.92 Å². The fourth-order valence-electron chi connectivity index (χ4n) is 2.49. The van der Waals surface area contributed by atoms with Crippen molar-refractivity contribution in [2.75, 3.05) is 26.2 Å². The zero-order chi connectivity index (χ0) is 11.9. The number of imidazole rings is 1. The molecule has 17 heavy (non-hydrogen) atoms. The lowest BCUT2D eigenvalue weighted by molar-refractivity contribution is 0.297. The molecule has 0 amide bonds. The van der Waals surface area contributed by atoms with Crippen LogP contribution in [0.2, 0.25) is 0 Å². The van der Waals surface area contributed by atoms with Gasteiger partial charge in [0, 0.05) is 31.5 Å². The molecule has 1 aliphatic heterocycles. The smallest absolute Gasteiger partial charge is 0.0946 e. The minimum atomic E-state index is 0.704. The zero-order valence-electron chi connectivity index (χ0n) is 10.8. The summed E-state index contributed by atoms with van der Waals surface area (Å²) < 4.78 is 2.13. The molecule has 0 saturated carbocycles. The van der Waals surface area contributed by atoms with Gasteiger partial charge in [-0.25, -0.2) is 4.98 Å². The van der Waals surface area contributed by atoms with E-state index in [4.69, 9.17) is 0 Å². The van der Waals surface area contributed by atoms with Crippen LogP contribution in [0.5, 0.6) is 0 Å². The number of likely N-dealkylation sites (tertiary alicyclic amines) is 1. The Morgan fingerprint density at radius 3 is 3.06 bits per heavy atom. The molecule has 0 radical (unpaired) electrons. The first-order valence-electron chi connectivity index (χ1n) is 6.80. The quantitative estimate of drug-likeness (QED) is 0.837. The summed E-state index contributed by atoms with van der Waals surface area (Å²) in [4.78, 5) is 6.61. The lowest BCUT2D eigenvalue weighted by atomic mass is 10.1. The maximum Gasteiger partial charge on any atom is 0.0946 e. The van der Waals surface area contributed by atoms with Crippen molar-refractivity contribution < 1.29 is 0 Å². The molecule has 1 saturated heterocycles. The average Bonchev–Trinajstić information content (AvgIpc) is 2.75. The largest absolute Gasteiger partial charge is 0.336 e. The first-order valence-corrected chi connectivity index (χ1v) is 6.80. The Morgan fingerprint density at radius 2 is 2.29 bits per heavy atom. The predicted molar refractivity (Wildman–Crippen MR) is 70.0 cm³/mol. The van der Waals surface area contributed by atoms with Gasteiger partial charge in [0.1, 0.15) is 0 Å². The van der Waals surface area contributed by atoms with Crippen molar-refractivity contribution in [1.82, 2.24) is 19.8 Å². The van der Waals surface area contributed by atoms with Crippen molar-refractivity contribution in [2.45, 2.75) is 38.8 Å². The van der Waals surface area contributed by atoms with Crippen molar-refractivity contribution in [3.05, 3.63) is 18.7 Å². The summed E-state index contributed by atoms with van der Waals surface area (Å²) in [6, 6.07) is 0.704. The van der Waals surface area contributed by atoms with Gasteiger partial charge in [-0.15, -0.1) is 0 Å². The van der Waals surface area contributed by atoms with Crippen molar-refractivity contribution in [3.63, 3.8) is 0 Å². The monoisotopic (exact) mass is 236 g/mol. The first-order chi connectivity index (χ1) is 8.38. The highest BCUT2D eigenvalue weighted by molar-refractivity contribution is 4.77. The SMILES string of the molecule is CCN1CCCC(NCCn2ccnc2)CC1. The fraction of sp³-hybridized carbons (Fsp3) is 0.769. The van der Waals surface area contributed by atoms with E-state index in [1.807, 2.05) is 18.7 Å². The molecule has 0 aliphatic carbocycles. The first kappa shape index (κ1) is 12.6. The lowest BCUT2D eigenvalue weighted by Gasteiger charge is -2.18. The zero-order valence-corrected chi connectivity index (χ0v) is 10.8. The van der Waals surface area contributed by atoms with Crippen LogP contribution in [0.1, 0.15) is 26.2 Å². The van der Waals surface area contributed by atoms with Crippen LogP contribution in [0.15, 0.2) is 18.7 Å². The normalized spacial score (nSPS) is 22.5. The molecule has 4 heteroatoms. The van der Waals surface area contributed by atoms with E-state index in [0.717, 1.165) is 13.1 Å². The van der Waals surface area contributed by atoms with Gasteiger partial charge in [0.05, 0.1) is 6.33 Å². The summed E-state index contributed by atoms with van der Waals surface area (Å²) in [6.45, 7) is 8.05. The van der Waals surface area contributed by atoms with Gasteiger partial charge < -0.3 is 14.8 Å². The Hall–Kier alpha value is -0.870. The molecular weight excluding hydrogens is 212 g/mol. The van der Waals surface area contributed by atoms with E-state index in [2.05, 4.69) is 26.7 Å². The van der Waals surface area contributed by atoms with Crippen LogP contribution in [0.25, 0.3) is 0 Å². The van der Waals surface area contributed by atoms with Crippen LogP contribution in [-0.2, 0) is 6.54 Å². The molecule has 1 aromatic rings. The number of hydrogen-bond acceptors (Lipinski definition) is 3. The third kappa shape index (κ3) is 4.13. The van der Waals surface area contributed by atoms with E-state index in [0.29, 0.717) is 6.04 Å². The Kier molecular flexibility index (Phi) is 5.01. The predicted octanol–water partition coefficient (Wildman–Crippen LogP) is 1.35. The second kappa shape index (κ2) is 6.77. The minimum Gasteiger partial charge on any atom is -0.336 e. The minimum absolute atomic E-state index is 0.704. The van der Waals surface area contributed by atoms with Gasteiger partial charge in [0.15, 0.2) is 0 Å². The van der Waals surface area contributed by atoms with Gasteiger partial charge in [0.25, 0.3) is 0 Å². The molecule has 2 rings (SSSR count). The number of nitrogens with one attached hydrogen (secondary N) is 1. The highest BCUT2D eigenvalue weighted by Crippen LogP contribution is 2.10. The Morgan fingerprint density at radius 1 is 1.35 bits per heavy atom. The molecule has 1 aromatic heterocycles. The van der Waals surface area contributed by atoms with E-state index in [1.165, 1.54) is 38.9 Å². The standard InChI is InChI=1S/C13H24N4/c1-2-16-8-3-4-13(5-9-16)15-7-11-17-10-6-14-12-17/h6,10,12-13,15H,2-5,7-9,11H2,1H3. The van der Waals surface area contributed by atoms with E-state index in [9.17, 15) is 0 Å². The van der Waals surface area contributed by atoms with E-state index < -0.39 is 0 Å². The molecule has 0 bridgehead atoms. The maximum absolute atomic E-state index is 4.05. The molecule has 1 N–H and O–H groups in total. The van der Waals surface area contributed by atoms with Crippen molar-refractivity contribution >= 4 is 0 Å². The molecular formula is C13H24N4. The highest BCUT2D eigenvalue weighted by Gasteiger charge is 2.14. The summed E-state index contributed by atoms with van der Waals surface area (Å²) in [5.41, 5.74) is 0. The highest BCUT2D eigenvalue weighted by atomic mass is 15.1. The molecule has 1 fully saturated rings. The summed E-state index contributed by atoms with van der Waals surface area (Å²) in [5.74, 6) is 0. The van der Waals surface area contributed by atoms with Gasteiger partial charge in [-0.05, 0) is 38.9 Å². The summed E-state index contributed by atoms with van der Waals surface area (Å²) in [7, 11) is 0. The molecule has 0 aromatic carbocycles. The Balaban J connectivity index is 1.65. The number of rotatable bonds is 5. The van der Waals surface area contributed by atoms with Crippen LogP contribution >= 0.6 is 0 Å². The molecule has 2 heterocycles. The van der Waals surface area contributed by atoms with E-state index >= 15 is 0 Å². The Bertz CT molecular complexity index is 296. The van der Waals surface area contributed by atoms with Crippen LogP contribution in [-0.4, -0.2) is 46.7 Å². The summed E-state index contributed by atoms with van der Waals surface area (Å²) in [6.07, 6.45) is 9.68. The van der Waals surface area contributed by atoms with Gasteiger partial charge in [-0.3, -0.25) is 0 Å². The van der Waals surface area contributed by atoms with Crippen LogP contribution in [0, 0.1) is 0 Å². The summed E-state index contributed by atoms with van der Waals surface area (Å²) >= 11 is 0. The molecule has 0 spiro atoms. The molecule has 4 nitrogen and oxygen atoms in total. The van der Waals surface area contributed by atoms with Crippen molar-refractivity contribution in [1.29, 1.82) is 0 Å². The molecule has 1 aliphatic rings. The number of aromatic nitrogens is 2. The van der Waals surface area contributed by atoms with Crippen LogP contribution < -0.4 is 5.32 Å². The molecule has 1 unspecified atom stereocenters. The topological polar surface area (TPSA) is 33.1 Å². The third-order valence-corrected chi connectivity index (χ3v) is 3.63. The van der Waals surface area contributed by atoms with Crippen molar-refractivity contribution in [2.24, 2.45) is 0 Å². The lowest BCUT2D eigenvalue weighted by Crippen LogP contribution is -2.33. The van der Waals surface area contributed by atoms with E-state index in [1.54, 1.807) is 0 Å². The number of nitrogens with zero attached hydrogens (tertiary/aromatic N) is 3. The molecule has 96 valence electrons.